The number of hydrogen-bond acceptors (Lipinski definition) is 7. The van der Waals surface area contributed by atoms with Gasteiger partial charge in [0.2, 0.25) is 0 Å². The highest BCUT2D eigenvalue weighted by Crippen LogP contribution is 2.31. The van der Waals surface area contributed by atoms with Crippen molar-refractivity contribution in [2.75, 3.05) is 0 Å². The third-order valence-electron chi connectivity index (χ3n) is 9.35. The maximum atomic E-state index is 9.08. The Hall–Kier alpha value is -6.04. The Balaban J connectivity index is 1.06. The molecule has 4 unspecified atom stereocenters. The number of nitrogens with one attached hydrogen (secondary N) is 1. The third kappa shape index (κ3) is 6.27. The number of fused-ring (bicyclic) bond motifs is 3. The molecule has 50 heavy (non-hydrogen) atoms. The molecule has 8 rings (SSSR count). The first-order valence-electron chi connectivity index (χ1n) is 16.7. The van der Waals surface area contributed by atoms with Crippen molar-refractivity contribution in [1.82, 2.24) is 5.32 Å². The number of nitrogens with zero attached hydrogens (tertiary/aromatic N) is 2. The molecule has 0 saturated heterocycles. The van der Waals surface area contributed by atoms with Gasteiger partial charge in [0.25, 0.3) is 0 Å². The predicted molar refractivity (Wildman–Crippen MR) is 197 cm³/mol. The molecule has 7 heteroatoms. The fraction of sp³-hybridized carbons (Fsp3) is 0.116. The van der Waals surface area contributed by atoms with Gasteiger partial charge in [-0.05, 0) is 76.7 Å². The molecular formula is C43H35N5O2. The van der Waals surface area contributed by atoms with Crippen molar-refractivity contribution in [3.63, 3.8) is 0 Å². The van der Waals surface area contributed by atoms with Gasteiger partial charge in [-0.15, -0.1) is 0 Å². The van der Waals surface area contributed by atoms with E-state index in [9.17, 15) is 0 Å². The molecule has 0 amide bonds. The van der Waals surface area contributed by atoms with Crippen LogP contribution in [0.3, 0.4) is 0 Å². The van der Waals surface area contributed by atoms with Crippen LogP contribution in [0.15, 0.2) is 149 Å². The summed E-state index contributed by atoms with van der Waals surface area (Å²) in [5.74, 6) is 0.978. The van der Waals surface area contributed by atoms with Crippen LogP contribution >= 0.6 is 0 Å². The van der Waals surface area contributed by atoms with E-state index < -0.39 is 12.5 Å². The Labute approximate surface area is 290 Å². The lowest BCUT2D eigenvalue weighted by Crippen LogP contribution is -2.34. The summed E-state index contributed by atoms with van der Waals surface area (Å²) >= 11 is 0. The van der Waals surface area contributed by atoms with Gasteiger partial charge in [-0.2, -0.15) is 5.26 Å². The van der Waals surface area contributed by atoms with Crippen LogP contribution in [0.1, 0.15) is 52.7 Å². The van der Waals surface area contributed by atoms with Gasteiger partial charge >= 0.3 is 0 Å². The fourth-order valence-electron chi connectivity index (χ4n) is 6.66. The van der Waals surface area contributed by atoms with Crippen LogP contribution in [-0.2, 0) is 4.74 Å². The van der Waals surface area contributed by atoms with E-state index >= 15 is 0 Å². The van der Waals surface area contributed by atoms with E-state index in [-0.39, 0.29) is 12.0 Å². The van der Waals surface area contributed by atoms with Crippen molar-refractivity contribution in [3.8, 4) is 17.2 Å². The molecule has 244 valence electrons. The van der Waals surface area contributed by atoms with Gasteiger partial charge in [0.15, 0.2) is 0 Å². The highest BCUT2D eigenvalue weighted by atomic mass is 16.5. The van der Waals surface area contributed by atoms with Crippen LogP contribution in [-0.4, -0.2) is 5.84 Å². The van der Waals surface area contributed by atoms with E-state index in [0.29, 0.717) is 5.56 Å². The number of allylic oxidation sites excluding steroid dienone is 1. The van der Waals surface area contributed by atoms with Gasteiger partial charge in [-0.25, -0.2) is 0 Å². The normalized spacial score (nSPS) is 17.9. The summed E-state index contributed by atoms with van der Waals surface area (Å²) in [6.07, 6.45) is 6.12. The summed E-state index contributed by atoms with van der Waals surface area (Å²) in [6.45, 7) is 0. The summed E-state index contributed by atoms with van der Waals surface area (Å²) in [4.78, 5) is 5.09. The summed E-state index contributed by atoms with van der Waals surface area (Å²) in [6, 6.07) is 44.0. The van der Waals surface area contributed by atoms with E-state index in [1.54, 1.807) is 24.3 Å². The minimum atomic E-state index is -0.734. The highest BCUT2D eigenvalue weighted by Gasteiger charge is 2.24. The van der Waals surface area contributed by atoms with Crippen molar-refractivity contribution in [1.29, 1.82) is 5.26 Å². The van der Waals surface area contributed by atoms with Crippen molar-refractivity contribution in [2.24, 2.45) is 22.4 Å². The van der Waals surface area contributed by atoms with Crippen LogP contribution in [0.2, 0.25) is 0 Å². The zero-order chi connectivity index (χ0) is 34.0. The molecule has 2 heterocycles. The zero-order valence-electron chi connectivity index (χ0n) is 27.2. The van der Waals surface area contributed by atoms with Gasteiger partial charge in [-0.3, -0.25) is 4.99 Å². The maximum Gasteiger partial charge on any atom is 0.135 e. The lowest BCUT2D eigenvalue weighted by Gasteiger charge is -2.27. The number of hydrogen-bond donors (Lipinski definition) is 3. The van der Waals surface area contributed by atoms with Crippen molar-refractivity contribution in [3.05, 3.63) is 178 Å². The number of nitriles is 1. The number of nitrogens with two attached hydrogens (primary N) is 2. The van der Waals surface area contributed by atoms with Crippen molar-refractivity contribution >= 4 is 29.0 Å². The topological polar surface area (TPSA) is 123 Å². The Morgan fingerprint density at radius 2 is 1.48 bits per heavy atom. The van der Waals surface area contributed by atoms with Crippen LogP contribution in [0.5, 0.6) is 0 Å². The van der Waals surface area contributed by atoms with E-state index in [1.165, 1.54) is 0 Å². The first-order chi connectivity index (χ1) is 24.5. The molecule has 0 saturated carbocycles. The summed E-state index contributed by atoms with van der Waals surface area (Å²) in [7, 11) is 0. The molecule has 1 aliphatic carbocycles. The molecule has 0 spiro atoms. The molecule has 1 aliphatic heterocycles. The minimum Gasteiger partial charge on any atom is -0.456 e. The number of ether oxygens (including phenoxy) is 1. The highest BCUT2D eigenvalue weighted by molar-refractivity contribution is 6.00. The minimum absolute atomic E-state index is 0.0864. The maximum absolute atomic E-state index is 9.08. The van der Waals surface area contributed by atoms with E-state index in [2.05, 4.69) is 84.2 Å². The molecule has 0 fully saturated rings. The smallest absolute Gasteiger partial charge is 0.135 e. The van der Waals surface area contributed by atoms with Crippen molar-refractivity contribution < 1.29 is 9.15 Å². The number of furan rings is 1. The quantitative estimate of drug-likeness (QED) is 0.154. The van der Waals surface area contributed by atoms with Gasteiger partial charge in [0.05, 0.1) is 17.7 Å². The lowest BCUT2D eigenvalue weighted by atomic mass is 9.92. The Morgan fingerprint density at radius 1 is 0.760 bits per heavy atom. The van der Waals surface area contributed by atoms with Gasteiger partial charge in [0, 0.05) is 27.8 Å². The molecule has 0 bridgehead atoms. The molecule has 6 aromatic rings. The SMILES string of the molecule is N#Cc1ccc(C(N)OC(N)c2cccc(-c3ccc4oc5c(c4c3)=CCC(C3=CC(c4ccccc4)N=C(c4ccccc4)N3)C=5)c2)cc1. The van der Waals surface area contributed by atoms with Crippen LogP contribution < -0.4 is 27.4 Å². The molecule has 5 aromatic carbocycles. The van der Waals surface area contributed by atoms with E-state index in [1.807, 2.05) is 48.5 Å². The largest absolute Gasteiger partial charge is 0.456 e. The second-order valence-corrected chi connectivity index (χ2v) is 12.6. The number of aliphatic imine (C=N–C) groups is 1. The molecule has 0 radical (unpaired) electrons. The number of benzene rings is 5. The van der Waals surface area contributed by atoms with Crippen molar-refractivity contribution in [2.45, 2.75) is 24.9 Å². The predicted octanol–water partition coefficient (Wildman–Crippen LogP) is 6.86. The monoisotopic (exact) mass is 653 g/mol. The summed E-state index contributed by atoms with van der Waals surface area (Å²) in [5, 5.41) is 14.9. The van der Waals surface area contributed by atoms with Crippen LogP contribution in [0.25, 0.3) is 34.2 Å². The molecule has 1 aromatic heterocycles. The first kappa shape index (κ1) is 31.2. The second kappa shape index (κ2) is 13.5. The molecule has 7 nitrogen and oxygen atoms in total. The Morgan fingerprint density at radius 3 is 2.26 bits per heavy atom. The van der Waals surface area contributed by atoms with E-state index in [0.717, 1.165) is 72.9 Å². The molecular weight excluding hydrogens is 619 g/mol. The van der Waals surface area contributed by atoms with Gasteiger partial charge in [0.1, 0.15) is 29.3 Å². The lowest BCUT2D eigenvalue weighted by molar-refractivity contribution is -0.00829. The number of amidine groups is 1. The summed E-state index contributed by atoms with van der Waals surface area (Å²) < 4.78 is 12.4. The standard InChI is InChI=1S/C43H35N5O2/c44-26-27-14-16-29(17-15-27)41(45)50-42(46)34-13-7-12-31(22-34)32-19-21-39-36(23-32)35-20-18-33(24-40(35)49-39)38-25-37(28-8-3-1-4-9-28)47-43(48-38)30-10-5-2-6-11-30/h1-17,19-25,33,37,41-42H,18,45-46H2,(H,47,48). The zero-order valence-corrected chi connectivity index (χ0v) is 27.2. The second-order valence-electron chi connectivity index (χ2n) is 12.6. The molecule has 2 aliphatic rings. The average Bonchev–Trinajstić information content (AvgIpc) is 3.55. The van der Waals surface area contributed by atoms with Gasteiger partial charge in [-0.1, -0.05) is 103 Å². The average molecular weight is 654 g/mol. The Kier molecular flexibility index (Phi) is 8.41. The first-order valence-corrected chi connectivity index (χ1v) is 16.7. The van der Waals surface area contributed by atoms with E-state index in [4.69, 9.17) is 30.9 Å². The molecule has 4 atom stereocenters. The Bertz CT molecular complexity index is 2410. The van der Waals surface area contributed by atoms with Crippen LogP contribution in [0, 0.1) is 17.2 Å². The van der Waals surface area contributed by atoms with Gasteiger partial charge < -0.3 is 25.9 Å². The number of rotatable bonds is 8. The van der Waals surface area contributed by atoms with Crippen LogP contribution in [0.4, 0.5) is 0 Å². The molecule has 5 N–H and O–H groups in total. The fourth-order valence-corrected chi connectivity index (χ4v) is 6.66. The summed E-state index contributed by atoms with van der Waals surface area (Å²) in [5.41, 5.74) is 22.0. The third-order valence-corrected chi connectivity index (χ3v) is 9.35.